The minimum Gasteiger partial charge on any atom is -0.481 e. The van der Waals surface area contributed by atoms with E-state index in [1.54, 1.807) is 0 Å². The fourth-order valence-electron chi connectivity index (χ4n) is 4.66. The van der Waals surface area contributed by atoms with Crippen molar-refractivity contribution in [3.8, 4) is 10.6 Å². The van der Waals surface area contributed by atoms with Crippen molar-refractivity contribution in [2.45, 2.75) is 45.3 Å². The summed E-state index contributed by atoms with van der Waals surface area (Å²) >= 11 is 1.85. The normalized spacial score (nSPS) is 17.3. The highest BCUT2D eigenvalue weighted by atomic mass is 32.1. The molecule has 3 aromatic heterocycles. The molecule has 1 saturated heterocycles. The standard InChI is InChI=1S/C22H27N5OS.C2H4O2/c1-15-16(13-26(2)25-15)14-27-9-7-22(8-10-27)17-12-20(29-19(17)6-11-28-22)18-4-3-5-21(23)24-18;1-2(3)4/h3-5,12-13H,6-11,14H2,1-2H3,(H2,23,24);1H3,(H,3,4). The molecule has 5 heterocycles. The van der Waals surface area contributed by atoms with E-state index in [2.05, 4.69) is 34.2 Å². The van der Waals surface area contributed by atoms with E-state index >= 15 is 0 Å². The number of anilines is 1. The van der Waals surface area contributed by atoms with Crippen molar-refractivity contribution in [1.29, 1.82) is 0 Å². The molecule has 8 nitrogen and oxygen atoms in total. The van der Waals surface area contributed by atoms with Crippen LogP contribution in [0.25, 0.3) is 10.6 Å². The van der Waals surface area contributed by atoms with Gasteiger partial charge in [0.1, 0.15) is 5.82 Å². The minimum atomic E-state index is -0.833. The third-order valence-corrected chi connectivity index (χ3v) is 7.42. The van der Waals surface area contributed by atoms with Gasteiger partial charge < -0.3 is 15.6 Å². The van der Waals surface area contributed by atoms with Crippen molar-refractivity contribution >= 4 is 23.1 Å². The third-order valence-electron chi connectivity index (χ3n) is 6.20. The van der Waals surface area contributed by atoms with Crippen LogP contribution < -0.4 is 5.73 Å². The minimum absolute atomic E-state index is 0.150. The Morgan fingerprint density at radius 1 is 1.33 bits per heavy atom. The van der Waals surface area contributed by atoms with Gasteiger partial charge in [0, 0.05) is 56.7 Å². The molecule has 3 N–H and O–H groups in total. The van der Waals surface area contributed by atoms with Crippen molar-refractivity contribution in [2.24, 2.45) is 7.05 Å². The average Bonchev–Trinajstić information content (AvgIpc) is 3.33. The molecule has 1 spiro atoms. The van der Waals surface area contributed by atoms with E-state index in [9.17, 15) is 0 Å². The van der Waals surface area contributed by atoms with E-state index in [-0.39, 0.29) is 5.60 Å². The number of likely N-dealkylation sites (tertiary alicyclic amines) is 1. The predicted octanol–water partition coefficient (Wildman–Crippen LogP) is 3.59. The van der Waals surface area contributed by atoms with Gasteiger partial charge in [-0.15, -0.1) is 11.3 Å². The lowest BCUT2D eigenvalue weighted by molar-refractivity contribution is -0.134. The van der Waals surface area contributed by atoms with E-state index in [4.69, 9.17) is 20.4 Å². The number of carboxylic acids is 1. The van der Waals surface area contributed by atoms with Crippen LogP contribution in [-0.4, -0.2) is 50.4 Å². The molecule has 0 saturated carbocycles. The number of hydrogen-bond donors (Lipinski definition) is 2. The summed E-state index contributed by atoms with van der Waals surface area (Å²) < 4.78 is 8.36. The second-order valence-electron chi connectivity index (χ2n) is 8.70. The van der Waals surface area contributed by atoms with Gasteiger partial charge in [-0.2, -0.15) is 5.10 Å². The predicted molar refractivity (Wildman–Crippen MR) is 129 cm³/mol. The summed E-state index contributed by atoms with van der Waals surface area (Å²) in [6.07, 6.45) is 5.18. The first-order chi connectivity index (χ1) is 15.8. The Morgan fingerprint density at radius 2 is 2.06 bits per heavy atom. The number of rotatable bonds is 3. The molecule has 176 valence electrons. The Balaban J connectivity index is 0.000000601. The number of carbonyl (C=O) groups is 1. The molecule has 2 aliphatic rings. The van der Waals surface area contributed by atoms with Crippen molar-refractivity contribution in [2.75, 3.05) is 25.4 Å². The second kappa shape index (κ2) is 9.62. The van der Waals surface area contributed by atoms with Crippen LogP contribution in [0.1, 0.15) is 41.5 Å². The summed E-state index contributed by atoms with van der Waals surface area (Å²) in [7, 11) is 1.99. The third kappa shape index (κ3) is 5.26. The summed E-state index contributed by atoms with van der Waals surface area (Å²) in [5, 5.41) is 11.9. The smallest absolute Gasteiger partial charge is 0.300 e. The highest BCUT2D eigenvalue weighted by Crippen LogP contribution is 2.46. The largest absolute Gasteiger partial charge is 0.481 e. The van der Waals surface area contributed by atoms with E-state index < -0.39 is 5.97 Å². The number of fused-ring (bicyclic) bond motifs is 2. The zero-order chi connectivity index (χ0) is 23.6. The van der Waals surface area contributed by atoms with Gasteiger partial charge in [0.25, 0.3) is 5.97 Å². The average molecular weight is 470 g/mol. The summed E-state index contributed by atoms with van der Waals surface area (Å²) in [5.41, 5.74) is 10.5. The number of hydrogen-bond acceptors (Lipinski definition) is 7. The molecular weight excluding hydrogens is 438 g/mol. The molecule has 0 amide bonds. The number of ether oxygens (including phenoxy) is 1. The van der Waals surface area contributed by atoms with Crippen LogP contribution in [0.5, 0.6) is 0 Å². The molecule has 0 aliphatic carbocycles. The Bertz CT molecular complexity index is 1130. The monoisotopic (exact) mass is 469 g/mol. The number of thiophene rings is 1. The van der Waals surface area contributed by atoms with Gasteiger partial charge in [0.05, 0.1) is 28.5 Å². The molecule has 33 heavy (non-hydrogen) atoms. The summed E-state index contributed by atoms with van der Waals surface area (Å²) in [6, 6.07) is 8.16. The van der Waals surface area contributed by atoms with Crippen molar-refractivity contribution in [3.63, 3.8) is 0 Å². The van der Waals surface area contributed by atoms with E-state index in [0.717, 1.165) is 63.8 Å². The van der Waals surface area contributed by atoms with Crippen LogP contribution in [-0.2, 0) is 35.1 Å². The number of aryl methyl sites for hydroxylation is 2. The van der Waals surface area contributed by atoms with Crippen LogP contribution in [0, 0.1) is 6.92 Å². The number of aromatic nitrogens is 3. The van der Waals surface area contributed by atoms with Crippen LogP contribution >= 0.6 is 11.3 Å². The summed E-state index contributed by atoms with van der Waals surface area (Å²) in [6.45, 7) is 7.02. The molecule has 5 rings (SSSR count). The Hall–Kier alpha value is -2.75. The maximum Gasteiger partial charge on any atom is 0.300 e. The van der Waals surface area contributed by atoms with Crippen molar-refractivity contribution in [1.82, 2.24) is 19.7 Å². The molecule has 1 fully saturated rings. The van der Waals surface area contributed by atoms with E-state index in [0.29, 0.717) is 5.82 Å². The van der Waals surface area contributed by atoms with Crippen LogP contribution in [0.3, 0.4) is 0 Å². The Kier molecular flexibility index (Phi) is 6.83. The number of nitrogens with zero attached hydrogens (tertiary/aromatic N) is 4. The summed E-state index contributed by atoms with van der Waals surface area (Å²) in [4.78, 5) is 18.7. The molecule has 2 aliphatic heterocycles. The van der Waals surface area contributed by atoms with Crippen molar-refractivity contribution < 1.29 is 14.6 Å². The molecule has 0 unspecified atom stereocenters. The van der Waals surface area contributed by atoms with Crippen molar-refractivity contribution in [3.05, 3.63) is 52.2 Å². The van der Waals surface area contributed by atoms with Gasteiger partial charge in [0.2, 0.25) is 0 Å². The molecule has 9 heteroatoms. The van der Waals surface area contributed by atoms with Crippen LogP contribution in [0.4, 0.5) is 5.82 Å². The zero-order valence-corrected chi connectivity index (χ0v) is 20.2. The maximum atomic E-state index is 9.00. The van der Waals surface area contributed by atoms with Gasteiger partial charge in [-0.1, -0.05) is 6.07 Å². The molecule has 0 atom stereocenters. The van der Waals surface area contributed by atoms with Crippen LogP contribution in [0.2, 0.25) is 0 Å². The van der Waals surface area contributed by atoms with E-state index in [1.165, 1.54) is 20.9 Å². The molecule has 0 radical (unpaired) electrons. The van der Waals surface area contributed by atoms with Gasteiger partial charge >= 0.3 is 0 Å². The topological polar surface area (TPSA) is 106 Å². The number of pyridine rings is 1. The Labute approximate surface area is 198 Å². The fourth-order valence-corrected chi connectivity index (χ4v) is 5.86. The zero-order valence-electron chi connectivity index (χ0n) is 19.4. The highest BCUT2D eigenvalue weighted by molar-refractivity contribution is 7.15. The Morgan fingerprint density at radius 3 is 2.70 bits per heavy atom. The molecule has 0 aromatic carbocycles. The van der Waals surface area contributed by atoms with E-state index in [1.807, 2.05) is 41.3 Å². The van der Waals surface area contributed by atoms with Gasteiger partial charge in [0.15, 0.2) is 0 Å². The maximum absolute atomic E-state index is 9.00. The lowest BCUT2D eigenvalue weighted by Gasteiger charge is -2.44. The first-order valence-corrected chi connectivity index (χ1v) is 12.0. The lowest BCUT2D eigenvalue weighted by atomic mass is 9.82. The number of aliphatic carboxylic acids is 1. The lowest BCUT2D eigenvalue weighted by Crippen LogP contribution is -2.45. The first kappa shape index (κ1) is 23.4. The highest BCUT2D eigenvalue weighted by Gasteiger charge is 2.42. The number of piperidine rings is 1. The number of nitrogen functional groups attached to an aromatic ring is 1. The van der Waals surface area contributed by atoms with Crippen LogP contribution in [0.15, 0.2) is 30.5 Å². The molecule has 0 bridgehead atoms. The number of nitrogens with two attached hydrogens (primary N) is 1. The first-order valence-electron chi connectivity index (χ1n) is 11.2. The number of carboxylic acid groups (broad SMARTS) is 1. The van der Waals surface area contributed by atoms with Gasteiger partial charge in [-0.3, -0.25) is 14.4 Å². The molecule has 3 aromatic rings. The summed E-state index contributed by atoms with van der Waals surface area (Å²) in [5.74, 6) is -0.265. The quantitative estimate of drug-likeness (QED) is 0.604. The molecular formula is C24H31N5O3S. The SMILES string of the molecule is CC(=O)O.Cc1nn(C)cc1CN1CCC2(CC1)OCCc1sc(-c3cccc(N)n3)cc12. The van der Waals surface area contributed by atoms with Gasteiger partial charge in [-0.25, -0.2) is 4.98 Å². The second-order valence-corrected chi connectivity index (χ2v) is 9.83. The van der Waals surface area contributed by atoms with Gasteiger partial charge in [-0.05, 0) is 43.5 Å². The fraction of sp³-hybridized carbons (Fsp3) is 0.458.